The summed E-state index contributed by atoms with van der Waals surface area (Å²) in [6, 6.07) is 6.19. The van der Waals surface area contributed by atoms with Crippen LogP contribution in [0.25, 0.3) is 0 Å². The molecular weight excluding hydrogens is 411 g/mol. The molecule has 2 rings (SSSR count). The van der Waals surface area contributed by atoms with Crippen molar-refractivity contribution in [3.05, 3.63) is 44.6 Å². The monoisotopic (exact) mass is 423 g/mol. The number of halogens is 4. The Bertz CT molecular complexity index is 718. The molecule has 1 N–H and O–H groups in total. The topological polar surface area (TPSA) is 47.6 Å². The number of thiophene rings is 1. The van der Waals surface area contributed by atoms with Crippen molar-refractivity contribution in [1.82, 2.24) is 0 Å². The van der Waals surface area contributed by atoms with E-state index in [1.807, 2.05) is 0 Å². The van der Waals surface area contributed by atoms with Crippen molar-refractivity contribution in [2.75, 3.05) is 25.6 Å². The number of alkyl halides is 3. The van der Waals surface area contributed by atoms with Crippen molar-refractivity contribution in [1.29, 1.82) is 0 Å². The van der Waals surface area contributed by atoms with Gasteiger partial charge in [0.25, 0.3) is 5.91 Å². The van der Waals surface area contributed by atoms with E-state index in [2.05, 4.69) is 21.2 Å². The third-order valence-electron chi connectivity index (χ3n) is 2.90. The number of rotatable bonds is 6. The van der Waals surface area contributed by atoms with Gasteiger partial charge in [-0.2, -0.15) is 13.2 Å². The highest BCUT2D eigenvalue weighted by atomic mass is 79.9. The fourth-order valence-corrected chi connectivity index (χ4v) is 3.07. The van der Waals surface area contributed by atoms with Gasteiger partial charge in [0.2, 0.25) is 0 Å². The molecule has 0 saturated carbocycles. The van der Waals surface area contributed by atoms with E-state index in [9.17, 15) is 18.0 Å². The summed E-state index contributed by atoms with van der Waals surface area (Å²) in [5.41, 5.74) is -0.917. The van der Waals surface area contributed by atoms with Crippen molar-refractivity contribution in [2.24, 2.45) is 0 Å². The first-order valence-corrected chi connectivity index (χ1v) is 8.32. The molecule has 0 bridgehead atoms. The summed E-state index contributed by atoms with van der Waals surface area (Å²) in [6.07, 6.45) is -4.52. The zero-order chi connectivity index (χ0) is 17.7. The molecule has 0 saturated heterocycles. The molecule has 0 unspecified atom stereocenters. The number of hydrogen-bond acceptors (Lipinski definition) is 4. The molecule has 0 aliphatic rings. The smallest absolute Gasteiger partial charge is 0.416 e. The number of carbonyl (C=O) groups is 1. The minimum absolute atomic E-state index is 0.0459. The van der Waals surface area contributed by atoms with Crippen LogP contribution in [-0.2, 0) is 10.9 Å². The molecule has 130 valence electrons. The van der Waals surface area contributed by atoms with Gasteiger partial charge in [0.15, 0.2) is 0 Å². The van der Waals surface area contributed by atoms with E-state index in [1.54, 1.807) is 12.1 Å². The molecule has 9 heteroatoms. The lowest BCUT2D eigenvalue weighted by Gasteiger charge is -2.15. The fourth-order valence-electron chi connectivity index (χ4n) is 1.79. The van der Waals surface area contributed by atoms with Gasteiger partial charge < -0.3 is 14.8 Å². The fraction of sp³-hybridized carbons (Fsp3) is 0.267. The SMILES string of the molecule is COCCOc1ccc(C(F)(F)F)cc1NC(=O)c1ccc(Br)s1. The average Bonchev–Trinajstić information content (AvgIpc) is 2.94. The number of carbonyl (C=O) groups excluding carboxylic acids is 1. The molecule has 1 heterocycles. The Balaban J connectivity index is 2.27. The van der Waals surface area contributed by atoms with Crippen LogP contribution in [0.5, 0.6) is 5.75 Å². The summed E-state index contributed by atoms with van der Waals surface area (Å²) in [5, 5.41) is 2.46. The Kier molecular flexibility index (Phi) is 6.25. The van der Waals surface area contributed by atoms with Crippen LogP contribution in [0.2, 0.25) is 0 Å². The summed E-state index contributed by atoms with van der Waals surface area (Å²) in [6.45, 7) is 0.418. The second-order valence-electron chi connectivity index (χ2n) is 4.61. The standard InChI is InChI=1S/C15H13BrF3NO3S/c1-22-6-7-23-11-3-2-9(15(17,18)19)8-10(11)20-14(21)12-4-5-13(16)24-12/h2-5,8H,6-7H2,1H3,(H,20,21). The van der Waals surface area contributed by atoms with Crippen LogP contribution < -0.4 is 10.1 Å². The summed E-state index contributed by atoms with van der Waals surface area (Å²) < 4.78 is 49.6. The number of ether oxygens (including phenoxy) is 2. The molecule has 0 atom stereocenters. The van der Waals surface area contributed by atoms with E-state index < -0.39 is 17.6 Å². The first-order valence-electron chi connectivity index (χ1n) is 6.71. The number of methoxy groups -OCH3 is 1. The van der Waals surface area contributed by atoms with E-state index in [4.69, 9.17) is 9.47 Å². The van der Waals surface area contributed by atoms with Crippen LogP contribution in [0.3, 0.4) is 0 Å². The van der Waals surface area contributed by atoms with E-state index in [1.165, 1.54) is 24.5 Å². The van der Waals surface area contributed by atoms with Gasteiger partial charge in [-0.3, -0.25) is 4.79 Å². The second kappa shape index (κ2) is 8.00. The summed E-state index contributed by atoms with van der Waals surface area (Å²) in [7, 11) is 1.48. The normalized spacial score (nSPS) is 11.4. The Morgan fingerprint density at radius 1 is 1.25 bits per heavy atom. The van der Waals surface area contributed by atoms with Crippen molar-refractivity contribution < 1.29 is 27.4 Å². The maximum atomic E-state index is 12.9. The van der Waals surface area contributed by atoms with E-state index in [-0.39, 0.29) is 24.7 Å². The van der Waals surface area contributed by atoms with Crippen LogP contribution in [-0.4, -0.2) is 26.2 Å². The Labute approximate surface area is 148 Å². The van der Waals surface area contributed by atoms with E-state index in [0.29, 0.717) is 4.88 Å². The predicted octanol–water partition coefficient (Wildman–Crippen LogP) is 4.81. The van der Waals surface area contributed by atoms with Crippen LogP contribution in [0.4, 0.5) is 18.9 Å². The summed E-state index contributed by atoms with van der Waals surface area (Å²) in [5.74, 6) is -0.370. The molecule has 0 aliphatic heterocycles. The van der Waals surface area contributed by atoms with Crippen molar-refractivity contribution in [2.45, 2.75) is 6.18 Å². The molecule has 1 aromatic carbocycles. The molecular formula is C15H13BrF3NO3S. The minimum atomic E-state index is -4.52. The van der Waals surface area contributed by atoms with Crippen LogP contribution in [0.1, 0.15) is 15.2 Å². The lowest BCUT2D eigenvalue weighted by molar-refractivity contribution is -0.137. The first-order chi connectivity index (χ1) is 11.3. The number of anilines is 1. The number of hydrogen-bond donors (Lipinski definition) is 1. The number of nitrogens with one attached hydrogen (secondary N) is 1. The summed E-state index contributed by atoms with van der Waals surface area (Å²) in [4.78, 5) is 12.6. The largest absolute Gasteiger partial charge is 0.489 e. The number of amides is 1. The van der Waals surface area contributed by atoms with Crippen molar-refractivity contribution in [3.8, 4) is 5.75 Å². The lowest BCUT2D eigenvalue weighted by atomic mass is 10.1. The van der Waals surface area contributed by atoms with Gasteiger partial charge in [-0.25, -0.2) is 0 Å². The van der Waals surface area contributed by atoms with Gasteiger partial charge in [-0.15, -0.1) is 11.3 Å². The highest BCUT2D eigenvalue weighted by Gasteiger charge is 2.31. The third kappa shape index (κ3) is 4.96. The molecule has 1 aromatic heterocycles. The first kappa shape index (κ1) is 18.8. The van der Waals surface area contributed by atoms with Crippen molar-refractivity contribution >= 4 is 38.9 Å². The molecule has 0 aliphatic carbocycles. The molecule has 4 nitrogen and oxygen atoms in total. The second-order valence-corrected chi connectivity index (χ2v) is 7.07. The van der Waals surface area contributed by atoms with Crippen LogP contribution >= 0.6 is 27.3 Å². The lowest BCUT2D eigenvalue weighted by Crippen LogP contribution is -2.14. The predicted molar refractivity (Wildman–Crippen MR) is 88.8 cm³/mol. The molecule has 0 fully saturated rings. The van der Waals surface area contributed by atoms with Gasteiger partial charge in [0.05, 0.1) is 26.5 Å². The highest BCUT2D eigenvalue weighted by Crippen LogP contribution is 2.35. The molecule has 1 amide bonds. The zero-order valence-electron chi connectivity index (χ0n) is 12.4. The Hall–Kier alpha value is -1.58. The number of benzene rings is 1. The third-order valence-corrected chi connectivity index (χ3v) is 4.52. The zero-order valence-corrected chi connectivity index (χ0v) is 14.8. The quantitative estimate of drug-likeness (QED) is 0.678. The molecule has 0 spiro atoms. The van der Waals surface area contributed by atoms with Crippen LogP contribution in [0, 0.1) is 0 Å². The van der Waals surface area contributed by atoms with Crippen molar-refractivity contribution in [3.63, 3.8) is 0 Å². The molecule has 2 aromatic rings. The van der Waals surface area contributed by atoms with E-state index in [0.717, 1.165) is 15.9 Å². The molecule has 24 heavy (non-hydrogen) atoms. The minimum Gasteiger partial charge on any atom is -0.489 e. The van der Waals surface area contributed by atoms with Gasteiger partial charge in [0, 0.05) is 7.11 Å². The van der Waals surface area contributed by atoms with E-state index >= 15 is 0 Å². The van der Waals surface area contributed by atoms with Gasteiger partial charge in [0.1, 0.15) is 12.4 Å². The Morgan fingerprint density at radius 2 is 2.00 bits per heavy atom. The Morgan fingerprint density at radius 3 is 2.58 bits per heavy atom. The maximum Gasteiger partial charge on any atom is 0.416 e. The van der Waals surface area contributed by atoms with Gasteiger partial charge in [-0.1, -0.05) is 0 Å². The van der Waals surface area contributed by atoms with Gasteiger partial charge >= 0.3 is 6.18 Å². The average molecular weight is 424 g/mol. The van der Waals surface area contributed by atoms with Gasteiger partial charge in [-0.05, 0) is 46.3 Å². The van der Waals surface area contributed by atoms with Crippen LogP contribution in [0.15, 0.2) is 34.1 Å². The summed E-state index contributed by atoms with van der Waals surface area (Å²) >= 11 is 4.41. The highest BCUT2D eigenvalue weighted by molar-refractivity contribution is 9.11. The molecule has 0 radical (unpaired) electrons. The maximum absolute atomic E-state index is 12.9.